The van der Waals surface area contributed by atoms with Gasteiger partial charge in [0.05, 0.1) is 0 Å². The molecule has 134 valence electrons. The van der Waals surface area contributed by atoms with Gasteiger partial charge in [-0.1, -0.05) is 11.6 Å². The third-order valence-corrected chi connectivity index (χ3v) is 4.12. The summed E-state index contributed by atoms with van der Waals surface area (Å²) in [5.74, 6) is 0.0375. The van der Waals surface area contributed by atoms with Crippen LogP contribution in [-0.4, -0.2) is 30.4 Å². The monoisotopic (exact) mass is 373 g/mol. The third kappa shape index (κ3) is 4.07. The molecule has 0 amide bonds. The van der Waals surface area contributed by atoms with Crippen molar-refractivity contribution >= 4 is 29.1 Å². The topological polar surface area (TPSA) is 58.4 Å². The number of oxazole rings is 1. The van der Waals surface area contributed by atoms with Crippen molar-refractivity contribution in [1.82, 2.24) is 4.98 Å². The zero-order valence-electron chi connectivity index (χ0n) is 13.1. The molecule has 2 aromatic rings. The standard InChI is InChI=1S/C16H15ClF3N3O2/c17-10-3-4-12-11(8-10)13(24)2-1-6-23(12)7-5-21-15-22-14(9-25-15)16(18,19)20/h3-4,8-9H,1-2,5-7H2,(H,21,22). The number of halogens is 4. The first-order valence-electron chi connectivity index (χ1n) is 7.69. The summed E-state index contributed by atoms with van der Waals surface area (Å²) >= 11 is 5.97. The zero-order valence-corrected chi connectivity index (χ0v) is 13.8. The minimum absolute atomic E-state index is 0.0375. The highest BCUT2D eigenvalue weighted by molar-refractivity contribution is 6.31. The average Bonchev–Trinajstić information content (AvgIpc) is 2.97. The molecule has 5 nitrogen and oxygen atoms in total. The van der Waals surface area contributed by atoms with Crippen LogP contribution < -0.4 is 10.2 Å². The summed E-state index contributed by atoms with van der Waals surface area (Å²) in [5, 5.41) is 3.22. The summed E-state index contributed by atoms with van der Waals surface area (Å²) < 4.78 is 42.3. The number of rotatable bonds is 4. The number of benzene rings is 1. The van der Waals surface area contributed by atoms with Crippen LogP contribution >= 0.6 is 11.6 Å². The quantitative estimate of drug-likeness (QED) is 0.868. The second kappa shape index (κ2) is 6.95. The van der Waals surface area contributed by atoms with Crippen molar-refractivity contribution < 1.29 is 22.4 Å². The summed E-state index contributed by atoms with van der Waals surface area (Å²) in [7, 11) is 0. The first-order valence-corrected chi connectivity index (χ1v) is 8.06. The highest BCUT2D eigenvalue weighted by atomic mass is 35.5. The first kappa shape index (κ1) is 17.6. The summed E-state index contributed by atoms with van der Waals surface area (Å²) in [6.45, 7) is 1.46. The number of hydrogen-bond acceptors (Lipinski definition) is 5. The minimum Gasteiger partial charge on any atom is -0.432 e. The Balaban J connectivity index is 1.66. The van der Waals surface area contributed by atoms with E-state index in [2.05, 4.69) is 10.3 Å². The maximum atomic E-state index is 12.5. The Morgan fingerprint density at radius 2 is 2.16 bits per heavy atom. The summed E-state index contributed by atoms with van der Waals surface area (Å²) in [6, 6.07) is 4.96. The molecule has 1 aliphatic heterocycles. The van der Waals surface area contributed by atoms with Crippen molar-refractivity contribution in [3.05, 3.63) is 40.7 Å². The van der Waals surface area contributed by atoms with Gasteiger partial charge in [0.2, 0.25) is 0 Å². The molecule has 25 heavy (non-hydrogen) atoms. The Bertz CT molecular complexity index is 776. The van der Waals surface area contributed by atoms with E-state index in [0.717, 1.165) is 5.69 Å². The lowest BCUT2D eigenvalue weighted by Crippen LogP contribution is -2.30. The number of aromatic nitrogens is 1. The fraction of sp³-hybridized carbons (Fsp3) is 0.375. The van der Waals surface area contributed by atoms with Crippen LogP contribution in [-0.2, 0) is 6.18 Å². The molecule has 1 aromatic heterocycles. The van der Waals surface area contributed by atoms with Crippen molar-refractivity contribution in [3.8, 4) is 0 Å². The van der Waals surface area contributed by atoms with Gasteiger partial charge >= 0.3 is 6.18 Å². The van der Waals surface area contributed by atoms with Gasteiger partial charge in [0.15, 0.2) is 11.5 Å². The number of nitrogens with one attached hydrogen (secondary N) is 1. The van der Waals surface area contributed by atoms with Crippen LogP contribution in [0.2, 0.25) is 5.02 Å². The van der Waals surface area contributed by atoms with Crippen molar-refractivity contribution in [3.63, 3.8) is 0 Å². The molecule has 0 bridgehead atoms. The lowest BCUT2D eigenvalue weighted by atomic mass is 10.1. The molecule has 9 heteroatoms. The zero-order chi connectivity index (χ0) is 18.0. The molecule has 0 saturated heterocycles. The fourth-order valence-electron chi connectivity index (χ4n) is 2.71. The molecule has 0 fully saturated rings. The van der Waals surface area contributed by atoms with E-state index in [4.69, 9.17) is 16.0 Å². The van der Waals surface area contributed by atoms with Crippen LogP contribution in [0.5, 0.6) is 0 Å². The Kier molecular flexibility index (Phi) is 4.89. The fourth-order valence-corrected chi connectivity index (χ4v) is 2.88. The normalized spacial score (nSPS) is 15.0. The van der Waals surface area contributed by atoms with Crippen molar-refractivity contribution in [1.29, 1.82) is 0 Å². The number of fused-ring (bicyclic) bond motifs is 1. The number of ketones is 1. The van der Waals surface area contributed by atoms with Gasteiger partial charge in [0.25, 0.3) is 6.01 Å². The van der Waals surface area contributed by atoms with Crippen molar-refractivity contribution in [2.75, 3.05) is 29.9 Å². The van der Waals surface area contributed by atoms with Crippen molar-refractivity contribution in [2.24, 2.45) is 0 Å². The van der Waals surface area contributed by atoms with Crippen LogP contribution in [0.15, 0.2) is 28.9 Å². The molecule has 1 aromatic carbocycles. The van der Waals surface area contributed by atoms with E-state index in [1.165, 1.54) is 0 Å². The van der Waals surface area contributed by atoms with Crippen LogP contribution in [0.1, 0.15) is 28.9 Å². The number of anilines is 2. The molecular formula is C16H15ClF3N3O2. The third-order valence-electron chi connectivity index (χ3n) is 3.88. The largest absolute Gasteiger partial charge is 0.436 e. The summed E-state index contributed by atoms with van der Waals surface area (Å²) in [6.07, 6.45) is -2.83. The van der Waals surface area contributed by atoms with Gasteiger partial charge < -0.3 is 14.6 Å². The number of alkyl halides is 3. The van der Waals surface area contributed by atoms with Gasteiger partial charge in [-0.3, -0.25) is 4.79 Å². The summed E-state index contributed by atoms with van der Waals surface area (Å²) in [4.78, 5) is 17.5. The average molecular weight is 374 g/mol. The second-order valence-corrected chi connectivity index (χ2v) is 6.07. The molecule has 1 aliphatic rings. The van der Waals surface area contributed by atoms with E-state index in [1.807, 2.05) is 4.90 Å². The van der Waals surface area contributed by atoms with Gasteiger partial charge in [-0.15, -0.1) is 0 Å². The molecule has 0 spiro atoms. The Labute approximate surface area is 146 Å². The van der Waals surface area contributed by atoms with Crippen LogP contribution in [0.25, 0.3) is 0 Å². The maximum Gasteiger partial charge on any atom is 0.436 e. The molecule has 2 heterocycles. The maximum absolute atomic E-state index is 12.5. The van der Waals surface area contributed by atoms with E-state index in [1.54, 1.807) is 18.2 Å². The summed E-state index contributed by atoms with van der Waals surface area (Å²) in [5.41, 5.74) is 0.271. The molecule has 3 rings (SSSR count). The molecule has 0 unspecified atom stereocenters. The highest BCUT2D eigenvalue weighted by Gasteiger charge is 2.34. The predicted octanol–water partition coefficient (Wildman–Crippen LogP) is 4.24. The van der Waals surface area contributed by atoms with Gasteiger partial charge in [-0.2, -0.15) is 18.2 Å². The number of hydrogen-bond donors (Lipinski definition) is 1. The minimum atomic E-state index is -4.53. The molecular weight excluding hydrogens is 359 g/mol. The lowest BCUT2D eigenvalue weighted by molar-refractivity contribution is -0.141. The number of carbonyl (C=O) groups is 1. The van der Waals surface area contributed by atoms with Crippen molar-refractivity contribution in [2.45, 2.75) is 19.0 Å². The smallest absolute Gasteiger partial charge is 0.432 e. The Hall–Kier alpha value is -2.22. The molecule has 0 saturated carbocycles. The van der Waals surface area contributed by atoms with E-state index < -0.39 is 11.9 Å². The molecule has 0 aliphatic carbocycles. The predicted molar refractivity (Wildman–Crippen MR) is 87.2 cm³/mol. The van der Waals surface area contributed by atoms with Crippen LogP contribution in [0, 0.1) is 0 Å². The van der Waals surface area contributed by atoms with Gasteiger partial charge in [-0.25, -0.2) is 0 Å². The van der Waals surface area contributed by atoms with Gasteiger partial charge in [-0.05, 0) is 24.6 Å². The molecule has 1 N–H and O–H groups in total. The lowest BCUT2D eigenvalue weighted by Gasteiger charge is -2.24. The van der Waals surface area contributed by atoms with E-state index in [0.29, 0.717) is 49.3 Å². The van der Waals surface area contributed by atoms with E-state index in [-0.39, 0.29) is 11.8 Å². The Morgan fingerprint density at radius 1 is 1.36 bits per heavy atom. The SMILES string of the molecule is O=C1CCCN(CCNc2nc(C(F)(F)F)co2)c2ccc(Cl)cc21. The van der Waals surface area contributed by atoms with Crippen LogP contribution in [0.4, 0.5) is 24.9 Å². The van der Waals surface area contributed by atoms with E-state index in [9.17, 15) is 18.0 Å². The number of carbonyl (C=O) groups excluding carboxylic acids is 1. The molecule has 0 atom stereocenters. The highest BCUT2D eigenvalue weighted by Crippen LogP contribution is 2.30. The first-order chi connectivity index (χ1) is 11.8. The number of Topliss-reactive ketones (excluding diaryl/α,β-unsaturated/α-hetero) is 1. The van der Waals surface area contributed by atoms with Crippen LogP contribution in [0.3, 0.4) is 0 Å². The van der Waals surface area contributed by atoms with E-state index >= 15 is 0 Å². The number of nitrogens with zero attached hydrogens (tertiary/aromatic N) is 2. The molecule has 0 radical (unpaired) electrons. The van der Waals surface area contributed by atoms with Gasteiger partial charge in [0, 0.05) is 42.3 Å². The second-order valence-electron chi connectivity index (χ2n) is 5.64. The Morgan fingerprint density at radius 3 is 2.88 bits per heavy atom. The van der Waals surface area contributed by atoms with Gasteiger partial charge in [0.1, 0.15) is 6.26 Å².